The van der Waals surface area contributed by atoms with Gasteiger partial charge in [-0.05, 0) is 69.3 Å². The number of aromatic amines is 1. The lowest BCUT2D eigenvalue weighted by atomic mass is 9.96. The number of unbranched alkanes of at least 4 members (excludes halogenated alkanes) is 6. The number of hydrogen-bond acceptors (Lipinski definition) is 24. The molecule has 0 spiro atoms. The van der Waals surface area contributed by atoms with E-state index < -0.39 is 261 Å². The van der Waals surface area contributed by atoms with Gasteiger partial charge in [-0.25, -0.2) is 4.79 Å². The highest BCUT2D eigenvalue weighted by atomic mass is 16.5. The van der Waals surface area contributed by atoms with E-state index in [2.05, 4.69) is 65.1 Å². The second-order valence-electron chi connectivity index (χ2n) is 27.2. The van der Waals surface area contributed by atoms with Gasteiger partial charge in [0.25, 0.3) is 0 Å². The highest BCUT2D eigenvalue weighted by Crippen LogP contribution is 2.22. The monoisotopic (exact) mass is 1620 g/mol. The number of primary amides is 1. The molecule has 1 fully saturated rings. The van der Waals surface area contributed by atoms with Crippen molar-refractivity contribution in [3.8, 4) is 0 Å². The number of nitrogens with two attached hydrogens (primary N) is 3. The minimum absolute atomic E-state index is 0.0186. The summed E-state index contributed by atoms with van der Waals surface area (Å²) in [6.07, 6.45) is -2.33. The molecular weight excluding hydrogens is 1520 g/mol. The Morgan fingerprint density at radius 2 is 1.09 bits per heavy atom. The number of aliphatic carboxylic acids is 4. The zero-order valence-corrected chi connectivity index (χ0v) is 63.6. The Kier molecular flexibility index (Phi) is 39.2. The third kappa shape index (κ3) is 32.5. The predicted octanol–water partition coefficient (Wildman–Crippen LogP) is -5.62. The Morgan fingerprint density at radius 3 is 1.69 bits per heavy atom. The standard InChI is InChI=1S/C72H101N17O26/c1-5-6-7-8-9-10-11-22-53(93)81-44(25-38-31-76-42-20-15-13-17-39(38)42)66(108)84-45(27-52(75)92)67(109)86-48(30-59(102)103)68(110)89-61-37(4)115-72(114)49(26-51(91)40-18-12-14-19-41(40)74)87-71(113)60(35(2)24-56(96)97)88-69(111)50(34-90)82-55(95)32-77-63(105)46(28-57(98)99)83-62(104)36(3)79-65(107)47(29-58(100)101)85-64(106)43(21-16-23-73)80-54(94)33-78-70(61)112/h12-15,17-20,31,35-37,43-50,60-61,76,90H,5-11,16,21-30,32-34,73-74H2,1-4H3,(H2,75,92)(H,77,105)(H,78,112)(H,79,107)(H,80,94)(H,81,93)(H,82,95)(H,83,104)(H,84,108)(H,85,106)(H,86,109)(H,87,113)(H,88,111)(H,89,110)(H,96,97)(H,98,99)(H,100,101)(H,102,103)/t35?,36-,37?,43-,44+,45+,46+,47+,48+,49+,50+,60+,61?/m1/s1. The van der Waals surface area contributed by atoms with Crippen LogP contribution in [-0.2, 0) is 102 Å². The summed E-state index contributed by atoms with van der Waals surface area (Å²) < 4.78 is 5.68. The minimum atomic E-state index is -2.45. The van der Waals surface area contributed by atoms with E-state index in [1.807, 2.05) is 16.0 Å². The number of para-hydroxylation sites is 2. The Balaban J connectivity index is 1.87. The number of anilines is 1. The first-order chi connectivity index (χ1) is 54.4. The summed E-state index contributed by atoms with van der Waals surface area (Å²) in [5, 5.41) is 78.7. The predicted molar refractivity (Wildman–Crippen MR) is 400 cm³/mol. The molecule has 2 heterocycles. The summed E-state index contributed by atoms with van der Waals surface area (Å²) in [4.78, 5) is 276. The molecule has 3 aromatic rings. The van der Waals surface area contributed by atoms with E-state index in [4.69, 9.17) is 21.9 Å². The molecule has 25 N–H and O–H groups in total. The number of Topliss-reactive ketones (excluding diaryl/α,β-unsaturated/α-hetero) is 1. The SMILES string of the molecule is CCCCCCCCCC(=O)N[C@@H](Cc1c[nH]c2ccccc12)C(=O)N[C@@H](CC(N)=O)C(=O)N[C@@H](CC(=O)O)C(=O)NC1C(=O)NCC(=O)N[C@H](CCCN)C(=O)N[C@@H](CC(=O)O)C(=O)N[C@H](C)C(=O)N[C@@H](CC(=O)O)C(=O)NCC(=O)N[C@@H](CO)C(=O)N[C@@H](C(C)CC(=O)O)C(=O)N[C@@H](CC(=O)c2ccccc2N)C(=O)OC1C. The molecule has 115 heavy (non-hydrogen) atoms. The van der Waals surface area contributed by atoms with E-state index in [1.54, 1.807) is 30.5 Å². The number of fused-ring (bicyclic) bond motifs is 1. The number of carbonyl (C=O) groups is 20. The maximum atomic E-state index is 14.8. The van der Waals surface area contributed by atoms with Crippen LogP contribution in [0.1, 0.15) is 146 Å². The molecule has 4 rings (SSSR count). The van der Waals surface area contributed by atoms with Gasteiger partial charge in [0.05, 0.1) is 51.8 Å². The molecule has 14 amide bonds. The van der Waals surface area contributed by atoms with E-state index in [0.717, 1.165) is 52.9 Å². The van der Waals surface area contributed by atoms with Crippen LogP contribution in [0.25, 0.3) is 10.9 Å². The minimum Gasteiger partial charge on any atom is -0.481 e. The van der Waals surface area contributed by atoms with Crippen LogP contribution in [-0.4, -0.2) is 248 Å². The van der Waals surface area contributed by atoms with Crippen molar-refractivity contribution >= 4 is 135 Å². The molecule has 1 aliphatic heterocycles. The first kappa shape index (κ1) is 94.7. The largest absolute Gasteiger partial charge is 0.481 e. The Labute approximate surface area is 657 Å². The fourth-order valence-corrected chi connectivity index (χ4v) is 11.7. The summed E-state index contributed by atoms with van der Waals surface area (Å²) in [6, 6.07) is -10.5. The molecule has 3 unspecified atom stereocenters. The number of benzene rings is 2. The van der Waals surface area contributed by atoms with Gasteiger partial charge in [-0.1, -0.05) is 82.7 Å². The maximum Gasteiger partial charge on any atom is 0.329 e. The molecule has 1 saturated heterocycles. The Morgan fingerprint density at radius 1 is 0.548 bits per heavy atom. The van der Waals surface area contributed by atoms with Crippen molar-refractivity contribution < 1.29 is 126 Å². The Bertz CT molecular complexity index is 4040. The van der Waals surface area contributed by atoms with Gasteiger partial charge >= 0.3 is 29.8 Å². The van der Waals surface area contributed by atoms with E-state index in [0.29, 0.717) is 29.3 Å². The number of cyclic esters (lactones) is 1. The average Bonchev–Trinajstić information content (AvgIpc) is 1.72. The van der Waals surface area contributed by atoms with Crippen molar-refractivity contribution in [1.82, 2.24) is 74.1 Å². The number of H-pyrrole nitrogens is 1. The van der Waals surface area contributed by atoms with Crippen molar-refractivity contribution in [3.63, 3.8) is 0 Å². The van der Waals surface area contributed by atoms with Crippen LogP contribution in [0.2, 0.25) is 0 Å². The summed E-state index contributed by atoms with van der Waals surface area (Å²) in [5.41, 5.74) is 18.1. The van der Waals surface area contributed by atoms with Crippen molar-refractivity contribution in [2.75, 3.05) is 32.0 Å². The zero-order valence-electron chi connectivity index (χ0n) is 63.6. The normalized spacial score (nSPS) is 21.2. The molecule has 2 aromatic carbocycles. The van der Waals surface area contributed by atoms with Gasteiger partial charge in [-0.2, -0.15) is 0 Å². The highest BCUT2D eigenvalue weighted by Gasteiger charge is 2.41. The zero-order chi connectivity index (χ0) is 85.8. The first-order valence-corrected chi connectivity index (χ1v) is 36.8. The molecular formula is C72H101N17O26. The number of ether oxygens (including phenoxy) is 1. The average molecular weight is 1620 g/mol. The quantitative estimate of drug-likeness (QED) is 0.0113. The molecule has 0 bridgehead atoms. The topological polar surface area (TPSA) is 702 Å². The summed E-state index contributed by atoms with van der Waals surface area (Å²) in [5.74, 6) is -29.7. The van der Waals surface area contributed by atoms with E-state index in [-0.39, 0.29) is 37.1 Å². The smallest absolute Gasteiger partial charge is 0.329 e. The number of ketones is 1. The molecule has 43 heteroatoms. The highest BCUT2D eigenvalue weighted by molar-refractivity contribution is 6.05. The number of esters is 1. The van der Waals surface area contributed by atoms with Gasteiger partial charge in [-0.3, -0.25) is 91.1 Å². The summed E-state index contributed by atoms with van der Waals surface area (Å²) >= 11 is 0. The third-order valence-electron chi connectivity index (χ3n) is 17.9. The number of hydrogen-bond donors (Lipinski definition) is 22. The van der Waals surface area contributed by atoms with Crippen LogP contribution in [0.15, 0.2) is 54.7 Å². The molecule has 0 saturated carbocycles. The summed E-state index contributed by atoms with van der Waals surface area (Å²) in [7, 11) is 0. The van der Waals surface area contributed by atoms with E-state index in [9.17, 15) is 121 Å². The summed E-state index contributed by atoms with van der Waals surface area (Å²) in [6.45, 7) is 1.11. The van der Waals surface area contributed by atoms with Gasteiger partial charge in [0.15, 0.2) is 5.78 Å². The Hall–Kier alpha value is -12.7. The molecule has 43 nitrogen and oxygen atoms in total. The molecule has 1 aliphatic rings. The number of aliphatic hydroxyl groups excluding tert-OH is 1. The molecule has 0 radical (unpaired) electrons. The number of carboxylic acids is 4. The van der Waals surface area contributed by atoms with Gasteiger partial charge in [0.1, 0.15) is 72.6 Å². The van der Waals surface area contributed by atoms with Crippen molar-refractivity contribution in [2.24, 2.45) is 17.4 Å². The van der Waals surface area contributed by atoms with Crippen LogP contribution in [0.5, 0.6) is 0 Å². The second-order valence-corrected chi connectivity index (χ2v) is 27.2. The van der Waals surface area contributed by atoms with Crippen molar-refractivity contribution in [3.05, 3.63) is 65.9 Å². The van der Waals surface area contributed by atoms with Crippen LogP contribution in [0.3, 0.4) is 0 Å². The van der Waals surface area contributed by atoms with Crippen LogP contribution < -0.4 is 86.3 Å². The van der Waals surface area contributed by atoms with E-state index >= 15 is 0 Å². The van der Waals surface area contributed by atoms with Crippen LogP contribution in [0.4, 0.5) is 5.69 Å². The van der Waals surface area contributed by atoms with Gasteiger partial charge in [0.2, 0.25) is 82.7 Å². The van der Waals surface area contributed by atoms with Crippen LogP contribution in [0, 0.1) is 5.92 Å². The number of carboxylic acid groups (broad SMARTS) is 4. The fourth-order valence-electron chi connectivity index (χ4n) is 11.7. The number of nitrogens with one attached hydrogen (secondary N) is 14. The lowest BCUT2D eigenvalue weighted by molar-refractivity contribution is -0.156. The molecule has 13 atom stereocenters. The van der Waals surface area contributed by atoms with Crippen molar-refractivity contribution in [2.45, 2.75) is 209 Å². The number of rotatable bonds is 35. The number of aromatic nitrogens is 1. The second kappa shape index (κ2) is 47.6. The lowest BCUT2D eigenvalue weighted by Crippen LogP contribution is -2.62. The number of amides is 14. The molecule has 1 aromatic heterocycles. The third-order valence-corrected chi connectivity index (χ3v) is 17.9. The number of carbonyl (C=O) groups excluding carboxylic acids is 16. The van der Waals surface area contributed by atoms with Gasteiger partial charge in [0, 0.05) is 47.6 Å². The molecule has 630 valence electrons. The lowest BCUT2D eigenvalue weighted by Gasteiger charge is -2.30. The van der Waals surface area contributed by atoms with E-state index in [1.165, 1.54) is 24.3 Å². The van der Waals surface area contributed by atoms with Gasteiger partial charge in [-0.15, -0.1) is 0 Å². The number of nitrogen functional groups attached to an aromatic ring is 1. The number of aliphatic hydroxyl groups is 1. The first-order valence-electron chi connectivity index (χ1n) is 36.8. The van der Waals surface area contributed by atoms with Crippen LogP contribution >= 0.6 is 0 Å². The van der Waals surface area contributed by atoms with Crippen molar-refractivity contribution in [1.29, 1.82) is 0 Å². The maximum absolute atomic E-state index is 14.8. The molecule has 0 aliphatic carbocycles. The van der Waals surface area contributed by atoms with Gasteiger partial charge < -0.3 is 122 Å². The fraction of sp³-hybridized carbons (Fsp3) is 0.528.